The van der Waals surface area contributed by atoms with Crippen molar-refractivity contribution in [1.82, 2.24) is 4.72 Å². The van der Waals surface area contributed by atoms with E-state index in [1.165, 1.54) is 0 Å². The van der Waals surface area contributed by atoms with Crippen LogP contribution in [0.5, 0.6) is 5.75 Å². The van der Waals surface area contributed by atoms with Crippen molar-refractivity contribution >= 4 is 26.0 Å². The second-order valence-corrected chi connectivity index (χ2v) is 7.12. The Morgan fingerprint density at radius 1 is 1.14 bits per heavy atom. The predicted octanol–water partition coefficient (Wildman–Crippen LogP) is 3.11. The monoisotopic (exact) mass is 369 g/mol. The molecule has 0 fully saturated rings. The SMILES string of the molecule is Cc1cc(Br)ccc1S(=O)(=O)NCCOc1ccccc1. The molecule has 0 aliphatic heterocycles. The maximum Gasteiger partial charge on any atom is 0.240 e. The number of rotatable bonds is 6. The average Bonchev–Trinajstić information content (AvgIpc) is 2.44. The summed E-state index contributed by atoms with van der Waals surface area (Å²) in [5, 5.41) is 0. The number of sulfonamides is 1. The van der Waals surface area contributed by atoms with E-state index in [-0.39, 0.29) is 18.0 Å². The lowest BCUT2D eigenvalue weighted by atomic mass is 10.2. The van der Waals surface area contributed by atoms with E-state index in [4.69, 9.17) is 4.74 Å². The van der Waals surface area contributed by atoms with E-state index < -0.39 is 10.0 Å². The molecule has 0 amide bonds. The lowest BCUT2D eigenvalue weighted by Crippen LogP contribution is -2.28. The van der Waals surface area contributed by atoms with E-state index >= 15 is 0 Å². The molecule has 0 bridgehead atoms. The van der Waals surface area contributed by atoms with Gasteiger partial charge in [0.2, 0.25) is 10.0 Å². The first kappa shape index (κ1) is 16.0. The number of aryl methyl sites for hydroxylation is 1. The first-order valence-corrected chi connectivity index (χ1v) is 8.70. The fourth-order valence-corrected chi connectivity index (χ4v) is 3.57. The number of nitrogens with one attached hydrogen (secondary N) is 1. The number of hydrogen-bond donors (Lipinski definition) is 1. The summed E-state index contributed by atoms with van der Waals surface area (Å²) in [5.41, 5.74) is 0.695. The number of hydrogen-bond acceptors (Lipinski definition) is 3. The largest absolute Gasteiger partial charge is 0.492 e. The molecule has 0 saturated carbocycles. The van der Waals surface area contributed by atoms with Gasteiger partial charge in [0.15, 0.2) is 0 Å². The molecule has 0 spiro atoms. The third-order valence-electron chi connectivity index (χ3n) is 2.83. The Morgan fingerprint density at radius 2 is 1.86 bits per heavy atom. The molecule has 0 aliphatic rings. The van der Waals surface area contributed by atoms with Gasteiger partial charge < -0.3 is 4.74 Å². The van der Waals surface area contributed by atoms with Crippen LogP contribution in [0, 0.1) is 6.92 Å². The van der Waals surface area contributed by atoms with Crippen LogP contribution in [0.25, 0.3) is 0 Å². The third kappa shape index (κ3) is 4.56. The maximum atomic E-state index is 12.2. The molecule has 0 heterocycles. The summed E-state index contributed by atoms with van der Waals surface area (Å²) in [5.74, 6) is 0.719. The lowest BCUT2D eigenvalue weighted by molar-refractivity contribution is 0.323. The van der Waals surface area contributed by atoms with Gasteiger partial charge in [0.1, 0.15) is 12.4 Å². The van der Waals surface area contributed by atoms with Gasteiger partial charge in [0, 0.05) is 11.0 Å². The molecular weight excluding hydrogens is 354 g/mol. The number of halogens is 1. The molecule has 0 saturated heterocycles. The van der Waals surface area contributed by atoms with E-state index in [9.17, 15) is 8.42 Å². The van der Waals surface area contributed by atoms with Crippen LogP contribution in [0.4, 0.5) is 0 Å². The predicted molar refractivity (Wildman–Crippen MR) is 86.0 cm³/mol. The molecule has 112 valence electrons. The Labute approximate surface area is 133 Å². The summed E-state index contributed by atoms with van der Waals surface area (Å²) >= 11 is 3.32. The standard InChI is InChI=1S/C15H16BrNO3S/c1-12-11-13(16)7-8-15(12)21(18,19)17-9-10-20-14-5-3-2-4-6-14/h2-8,11,17H,9-10H2,1H3. The number of para-hydroxylation sites is 1. The number of ether oxygens (including phenoxy) is 1. The topological polar surface area (TPSA) is 55.4 Å². The second-order valence-electron chi connectivity index (χ2n) is 4.47. The van der Waals surface area contributed by atoms with Gasteiger partial charge in [-0.1, -0.05) is 34.1 Å². The molecule has 0 aliphatic carbocycles. The van der Waals surface area contributed by atoms with Crippen molar-refractivity contribution in [2.75, 3.05) is 13.2 Å². The first-order chi connectivity index (χ1) is 9.99. The molecule has 0 atom stereocenters. The quantitative estimate of drug-likeness (QED) is 0.795. The van der Waals surface area contributed by atoms with Gasteiger partial charge in [-0.3, -0.25) is 0 Å². The van der Waals surface area contributed by atoms with E-state index in [1.807, 2.05) is 30.3 Å². The van der Waals surface area contributed by atoms with Crippen molar-refractivity contribution in [2.45, 2.75) is 11.8 Å². The van der Waals surface area contributed by atoms with Crippen molar-refractivity contribution < 1.29 is 13.2 Å². The van der Waals surface area contributed by atoms with Gasteiger partial charge in [-0.05, 0) is 42.8 Å². The van der Waals surface area contributed by atoms with Gasteiger partial charge >= 0.3 is 0 Å². The lowest BCUT2D eigenvalue weighted by Gasteiger charge is -2.10. The Morgan fingerprint density at radius 3 is 2.52 bits per heavy atom. The van der Waals surface area contributed by atoms with Gasteiger partial charge in [-0.15, -0.1) is 0 Å². The zero-order valence-electron chi connectivity index (χ0n) is 11.5. The maximum absolute atomic E-state index is 12.2. The summed E-state index contributed by atoms with van der Waals surface area (Å²) in [6.07, 6.45) is 0. The molecule has 2 aromatic rings. The molecule has 0 aromatic heterocycles. The Kier molecular flexibility index (Phi) is 5.39. The Bertz CT molecular complexity index is 702. The minimum Gasteiger partial charge on any atom is -0.492 e. The van der Waals surface area contributed by atoms with Crippen LogP contribution in [0.3, 0.4) is 0 Å². The normalized spacial score (nSPS) is 11.3. The van der Waals surface area contributed by atoms with Crippen LogP contribution in [0.15, 0.2) is 57.9 Å². The van der Waals surface area contributed by atoms with Crippen LogP contribution in [-0.2, 0) is 10.0 Å². The Balaban J connectivity index is 1.92. The average molecular weight is 370 g/mol. The van der Waals surface area contributed by atoms with Gasteiger partial charge in [-0.25, -0.2) is 13.1 Å². The molecular formula is C15H16BrNO3S. The highest BCUT2D eigenvalue weighted by Crippen LogP contribution is 2.19. The van der Waals surface area contributed by atoms with Crippen molar-refractivity contribution in [2.24, 2.45) is 0 Å². The number of benzene rings is 2. The zero-order chi connectivity index (χ0) is 15.3. The molecule has 0 unspecified atom stereocenters. The van der Waals surface area contributed by atoms with E-state index in [2.05, 4.69) is 20.7 Å². The van der Waals surface area contributed by atoms with Crippen molar-refractivity contribution in [3.05, 3.63) is 58.6 Å². The minimum atomic E-state index is -3.51. The van der Waals surface area contributed by atoms with Crippen LogP contribution < -0.4 is 9.46 Å². The summed E-state index contributed by atoms with van der Waals surface area (Å²) in [6, 6.07) is 14.3. The van der Waals surface area contributed by atoms with E-state index in [1.54, 1.807) is 25.1 Å². The van der Waals surface area contributed by atoms with Gasteiger partial charge in [-0.2, -0.15) is 0 Å². The van der Waals surface area contributed by atoms with Crippen LogP contribution in [-0.4, -0.2) is 21.6 Å². The zero-order valence-corrected chi connectivity index (χ0v) is 13.9. The molecule has 6 heteroatoms. The van der Waals surface area contributed by atoms with Gasteiger partial charge in [0.25, 0.3) is 0 Å². The van der Waals surface area contributed by atoms with Crippen LogP contribution in [0.1, 0.15) is 5.56 Å². The smallest absolute Gasteiger partial charge is 0.240 e. The molecule has 0 radical (unpaired) electrons. The van der Waals surface area contributed by atoms with Crippen LogP contribution in [0.2, 0.25) is 0 Å². The van der Waals surface area contributed by atoms with E-state index in [0.29, 0.717) is 5.56 Å². The van der Waals surface area contributed by atoms with E-state index in [0.717, 1.165) is 10.2 Å². The second kappa shape index (κ2) is 7.06. The Hall–Kier alpha value is -1.37. The third-order valence-corrected chi connectivity index (χ3v) is 4.95. The molecule has 21 heavy (non-hydrogen) atoms. The van der Waals surface area contributed by atoms with Crippen molar-refractivity contribution in [1.29, 1.82) is 0 Å². The first-order valence-electron chi connectivity index (χ1n) is 6.43. The fourth-order valence-electron chi connectivity index (χ4n) is 1.85. The minimum absolute atomic E-state index is 0.215. The highest BCUT2D eigenvalue weighted by Gasteiger charge is 2.16. The van der Waals surface area contributed by atoms with Crippen LogP contribution >= 0.6 is 15.9 Å². The van der Waals surface area contributed by atoms with Gasteiger partial charge in [0.05, 0.1) is 4.90 Å². The fraction of sp³-hybridized carbons (Fsp3) is 0.200. The molecule has 2 aromatic carbocycles. The summed E-state index contributed by atoms with van der Waals surface area (Å²) < 4.78 is 33.2. The van der Waals surface area contributed by atoms with Crippen molar-refractivity contribution in [3.63, 3.8) is 0 Å². The highest BCUT2D eigenvalue weighted by molar-refractivity contribution is 9.10. The summed E-state index contributed by atoms with van der Waals surface area (Å²) in [4.78, 5) is 0.283. The summed E-state index contributed by atoms with van der Waals surface area (Å²) in [6.45, 7) is 2.26. The highest BCUT2D eigenvalue weighted by atomic mass is 79.9. The molecule has 2 rings (SSSR count). The van der Waals surface area contributed by atoms with Crippen molar-refractivity contribution in [3.8, 4) is 5.75 Å². The summed E-state index contributed by atoms with van der Waals surface area (Å²) in [7, 11) is -3.51. The molecule has 4 nitrogen and oxygen atoms in total. The molecule has 1 N–H and O–H groups in total.